The van der Waals surface area contributed by atoms with E-state index in [1.54, 1.807) is 24.3 Å². The minimum Gasteiger partial charge on any atom is -0.487 e. The third-order valence-corrected chi connectivity index (χ3v) is 7.34. The number of sulfonamides is 1. The van der Waals surface area contributed by atoms with Crippen LogP contribution in [0.25, 0.3) is 16.6 Å². The summed E-state index contributed by atoms with van der Waals surface area (Å²) in [5, 5.41) is 5.25. The maximum atomic E-state index is 14.5. The molecule has 2 aromatic heterocycles. The van der Waals surface area contributed by atoms with E-state index >= 15 is 0 Å². The highest BCUT2D eigenvalue weighted by atomic mass is 32.2. The largest absolute Gasteiger partial charge is 0.487 e. The van der Waals surface area contributed by atoms with Crippen LogP contribution in [-0.2, 0) is 16.2 Å². The van der Waals surface area contributed by atoms with Gasteiger partial charge in [-0.3, -0.25) is 4.31 Å². The quantitative estimate of drug-likeness (QED) is 0.512. The minimum absolute atomic E-state index is 0.0381. The number of aromatic nitrogens is 3. The van der Waals surface area contributed by atoms with Gasteiger partial charge in [0, 0.05) is 23.5 Å². The number of nitrogens with zero attached hydrogens (tertiary/aromatic N) is 4. The topological polar surface area (TPSA) is 109 Å². The number of rotatable bonds is 1. The van der Waals surface area contributed by atoms with Crippen molar-refractivity contribution in [2.24, 2.45) is 0 Å². The highest BCUT2D eigenvalue weighted by Crippen LogP contribution is 2.44. The summed E-state index contributed by atoms with van der Waals surface area (Å²) in [6, 6.07) is 6.85. The van der Waals surface area contributed by atoms with Crippen LogP contribution in [0.5, 0.6) is 5.75 Å². The van der Waals surface area contributed by atoms with Crippen LogP contribution < -0.4 is 19.7 Å². The molecule has 0 radical (unpaired) electrons. The third-order valence-electron chi connectivity index (χ3n) is 5.51. The fourth-order valence-corrected chi connectivity index (χ4v) is 5.53. The zero-order valence-electron chi connectivity index (χ0n) is 18.2. The Kier molecular flexibility index (Phi) is 5.31. The SMILES string of the molecule is C=C1COc2ccccc2C(=C)Nc2nc(nc3cnc(N4CCCS4(=O)=O)c(C(F)(F)F)c23)N1. The van der Waals surface area contributed by atoms with Gasteiger partial charge in [0.2, 0.25) is 16.0 Å². The van der Waals surface area contributed by atoms with Crippen molar-refractivity contribution in [3.8, 4) is 5.75 Å². The summed E-state index contributed by atoms with van der Waals surface area (Å²) in [6.07, 6.45) is -3.67. The number of fused-ring (bicyclic) bond motifs is 5. The molecule has 0 saturated carbocycles. The molecule has 0 aliphatic carbocycles. The third kappa shape index (κ3) is 4.11. The van der Waals surface area contributed by atoms with Gasteiger partial charge in [0.1, 0.15) is 23.7 Å². The van der Waals surface area contributed by atoms with Crippen molar-refractivity contribution in [2.45, 2.75) is 12.6 Å². The monoisotopic (exact) mass is 504 g/mol. The van der Waals surface area contributed by atoms with Crippen LogP contribution in [-0.4, -0.2) is 42.3 Å². The lowest BCUT2D eigenvalue weighted by molar-refractivity contribution is -0.135. The number of hydrogen-bond acceptors (Lipinski definition) is 8. The summed E-state index contributed by atoms with van der Waals surface area (Å²) in [7, 11) is -3.94. The van der Waals surface area contributed by atoms with Crippen molar-refractivity contribution < 1.29 is 26.3 Å². The lowest BCUT2D eigenvalue weighted by Crippen LogP contribution is -2.29. The van der Waals surface area contributed by atoms with E-state index in [9.17, 15) is 21.6 Å². The lowest BCUT2D eigenvalue weighted by atomic mass is 10.1. The van der Waals surface area contributed by atoms with Crippen LogP contribution in [0.15, 0.2) is 49.3 Å². The number of ether oxygens (including phenoxy) is 1. The summed E-state index contributed by atoms with van der Waals surface area (Å²) in [6.45, 7) is 7.75. The van der Waals surface area contributed by atoms with E-state index in [-0.39, 0.29) is 48.3 Å². The molecule has 2 N–H and O–H groups in total. The maximum absolute atomic E-state index is 14.5. The van der Waals surface area contributed by atoms with Gasteiger partial charge in [0.05, 0.1) is 22.9 Å². The molecule has 2 aliphatic rings. The second-order valence-electron chi connectivity index (χ2n) is 7.97. The van der Waals surface area contributed by atoms with Crippen LogP contribution in [0.2, 0.25) is 0 Å². The highest BCUT2D eigenvalue weighted by molar-refractivity contribution is 7.93. The Labute approximate surface area is 198 Å². The number of alkyl halides is 3. The molecule has 1 aromatic carbocycles. The summed E-state index contributed by atoms with van der Waals surface area (Å²) in [4.78, 5) is 12.3. The van der Waals surface area contributed by atoms with E-state index in [1.807, 2.05) is 0 Å². The first-order chi connectivity index (χ1) is 16.5. The lowest BCUT2D eigenvalue weighted by Gasteiger charge is -2.23. The molecule has 182 valence electrons. The highest BCUT2D eigenvalue weighted by Gasteiger charge is 2.43. The Morgan fingerprint density at radius 1 is 1.11 bits per heavy atom. The Bertz CT molecular complexity index is 1490. The fourth-order valence-electron chi connectivity index (χ4n) is 4.01. The van der Waals surface area contributed by atoms with Crippen molar-refractivity contribution in [3.63, 3.8) is 0 Å². The van der Waals surface area contributed by atoms with Crippen LogP contribution >= 0.6 is 0 Å². The second-order valence-corrected chi connectivity index (χ2v) is 9.98. The molecule has 0 unspecified atom stereocenters. The van der Waals surface area contributed by atoms with Gasteiger partial charge < -0.3 is 15.4 Å². The summed E-state index contributed by atoms with van der Waals surface area (Å²) in [5.41, 5.74) is -0.312. The Morgan fingerprint density at radius 3 is 2.60 bits per heavy atom. The molecular weight excluding hydrogens is 485 g/mol. The summed E-state index contributed by atoms with van der Waals surface area (Å²) < 4.78 is 74.9. The van der Waals surface area contributed by atoms with Crippen molar-refractivity contribution in [1.82, 2.24) is 15.0 Å². The zero-order valence-corrected chi connectivity index (χ0v) is 19.0. The number of halogens is 3. The van der Waals surface area contributed by atoms with Crippen LogP contribution in [0.1, 0.15) is 17.5 Å². The average molecular weight is 504 g/mol. The number of hydrogen-bond donors (Lipinski definition) is 2. The first-order valence-corrected chi connectivity index (χ1v) is 12.1. The smallest absolute Gasteiger partial charge is 0.420 e. The van der Waals surface area contributed by atoms with E-state index in [4.69, 9.17) is 4.74 Å². The molecule has 9 nitrogen and oxygen atoms in total. The van der Waals surface area contributed by atoms with Gasteiger partial charge in [0.25, 0.3) is 0 Å². The summed E-state index contributed by atoms with van der Waals surface area (Å²) >= 11 is 0. The predicted octanol–water partition coefficient (Wildman–Crippen LogP) is 3.98. The molecule has 35 heavy (non-hydrogen) atoms. The molecule has 4 heterocycles. The second kappa shape index (κ2) is 8.12. The minimum atomic E-state index is -4.96. The molecule has 2 bridgehead atoms. The van der Waals surface area contributed by atoms with Crippen molar-refractivity contribution in [2.75, 3.05) is 33.8 Å². The van der Waals surface area contributed by atoms with E-state index in [2.05, 4.69) is 38.7 Å². The number of para-hydroxylation sites is 1. The molecule has 5 rings (SSSR count). The van der Waals surface area contributed by atoms with Crippen molar-refractivity contribution in [1.29, 1.82) is 0 Å². The van der Waals surface area contributed by atoms with Crippen LogP contribution in [0.4, 0.5) is 30.8 Å². The molecule has 0 amide bonds. The predicted molar refractivity (Wildman–Crippen MR) is 125 cm³/mol. The standard InChI is InChI=1S/C22H19F3N6O3S/c1-12-11-34-16-7-4-3-6-14(16)13(2)28-19-17-15(29-21(27-12)30-19)10-26-20(18(17)22(23,24)25)31-8-5-9-35(31,32)33/h3-4,6-7,10H,1-2,5,8-9,11H2,(H2,27,28,29,30). The number of nitrogens with one attached hydrogen (secondary N) is 2. The number of anilines is 3. The molecule has 0 spiro atoms. The van der Waals surface area contributed by atoms with E-state index < -0.39 is 33.0 Å². The van der Waals surface area contributed by atoms with Gasteiger partial charge in [-0.1, -0.05) is 25.3 Å². The maximum Gasteiger partial charge on any atom is 0.420 e. The van der Waals surface area contributed by atoms with Crippen molar-refractivity contribution in [3.05, 3.63) is 60.4 Å². The Morgan fingerprint density at radius 2 is 1.89 bits per heavy atom. The van der Waals surface area contributed by atoms with Crippen LogP contribution in [0.3, 0.4) is 0 Å². The van der Waals surface area contributed by atoms with E-state index in [0.717, 1.165) is 6.20 Å². The Balaban J connectivity index is 1.79. The van der Waals surface area contributed by atoms with Gasteiger partial charge >= 0.3 is 6.18 Å². The van der Waals surface area contributed by atoms with Crippen LogP contribution in [0, 0.1) is 0 Å². The van der Waals surface area contributed by atoms with Gasteiger partial charge in [-0.15, -0.1) is 0 Å². The number of benzene rings is 1. The average Bonchev–Trinajstić information content (AvgIpc) is 3.14. The first kappa shape index (κ1) is 22.9. The zero-order chi connectivity index (χ0) is 25.0. The van der Waals surface area contributed by atoms with Gasteiger partial charge in [-0.2, -0.15) is 18.2 Å². The van der Waals surface area contributed by atoms with E-state index in [0.29, 0.717) is 21.3 Å². The van der Waals surface area contributed by atoms with Gasteiger partial charge in [0.15, 0.2) is 5.82 Å². The van der Waals surface area contributed by atoms with Crippen molar-refractivity contribution >= 4 is 44.2 Å². The summed E-state index contributed by atoms with van der Waals surface area (Å²) in [5.74, 6) is -0.799. The molecule has 3 aromatic rings. The number of pyridine rings is 1. The van der Waals surface area contributed by atoms with E-state index in [1.165, 1.54) is 0 Å². The molecule has 1 saturated heterocycles. The normalized spacial score (nSPS) is 17.7. The molecule has 1 fully saturated rings. The van der Waals surface area contributed by atoms with Gasteiger partial charge in [-0.25, -0.2) is 18.4 Å². The molecular formula is C22H19F3N6O3S. The van der Waals surface area contributed by atoms with Gasteiger partial charge in [-0.05, 0) is 18.6 Å². The fraction of sp³-hybridized carbons (Fsp3) is 0.227. The Hall–Kier alpha value is -3.87. The molecule has 13 heteroatoms. The molecule has 0 atom stereocenters. The first-order valence-electron chi connectivity index (χ1n) is 10.5. The molecule has 2 aliphatic heterocycles.